The maximum Gasteiger partial charge on any atom is 0.332 e. The molecule has 1 amide bonds. The third-order valence-corrected chi connectivity index (χ3v) is 4.47. The molecule has 2 aliphatic rings. The highest BCUT2D eigenvalue weighted by atomic mass is 35.5. The first-order valence-electron chi connectivity index (χ1n) is 7.02. The van der Waals surface area contributed by atoms with Gasteiger partial charge in [0.05, 0.1) is 6.04 Å². The van der Waals surface area contributed by atoms with Crippen molar-refractivity contribution in [2.75, 3.05) is 0 Å². The van der Waals surface area contributed by atoms with Crippen molar-refractivity contribution in [1.29, 1.82) is 0 Å². The van der Waals surface area contributed by atoms with Gasteiger partial charge in [-0.15, -0.1) is 0 Å². The van der Waals surface area contributed by atoms with E-state index in [4.69, 9.17) is 21.4 Å². The van der Waals surface area contributed by atoms with Crippen LogP contribution in [-0.4, -0.2) is 29.2 Å². The number of carboxylic acid groups (broad SMARTS) is 1. The number of amides is 1. The molecule has 1 fully saturated rings. The van der Waals surface area contributed by atoms with Gasteiger partial charge in [0.1, 0.15) is 6.10 Å². The summed E-state index contributed by atoms with van der Waals surface area (Å²) in [6, 6.07) is 5.62. The molecule has 0 radical (unpaired) electrons. The highest BCUT2D eigenvalue weighted by Gasteiger charge is 2.36. The van der Waals surface area contributed by atoms with Gasteiger partial charge in [-0.05, 0) is 42.9 Å². The minimum atomic E-state index is -1.01. The Morgan fingerprint density at radius 2 is 2.00 bits per heavy atom. The van der Waals surface area contributed by atoms with Gasteiger partial charge in [0.25, 0.3) is 0 Å². The average Bonchev–Trinajstić information content (AvgIpc) is 3.07. The first-order valence-corrected chi connectivity index (χ1v) is 7.40. The van der Waals surface area contributed by atoms with Crippen molar-refractivity contribution in [2.45, 2.75) is 43.9 Å². The van der Waals surface area contributed by atoms with Crippen LogP contribution in [0.3, 0.4) is 0 Å². The van der Waals surface area contributed by atoms with E-state index in [1.165, 1.54) is 0 Å². The summed E-state index contributed by atoms with van der Waals surface area (Å²) in [4.78, 5) is 23.0. The van der Waals surface area contributed by atoms with E-state index in [-0.39, 0.29) is 11.9 Å². The summed E-state index contributed by atoms with van der Waals surface area (Å²) < 4.78 is 5.27. The van der Waals surface area contributed by atoms with Gasteiger partial charge in [0.15, 0.2) is 6.10 Å². The quantitative estimate of drug-likeness (QED) is 0.896. The molecule has 1 aromatic rings. The first-order chi connectivity index (χ1) is 10.1. The Hall–Kier alpha value is -1.59. The summed E-state index contributed by atoms with van der Waals surface area (Å²) in [5.74, 6) is -1.25. The van der Waals surface area contributed by atoms with E-state index in [9.17, 15) is 9.59 Å². The molecule has 1 aliphatic carbocycles. The zero-order chi connectivity index (χ0) is 15.0. The van der Waals surface area contributed by atoms with Gasteiger partial charge in [0, 0.05) is 5.02 Å². The van der Waals surface area contributed by atoms with E-state index < -0.39 is 18.2 Å². The number of ether oxygens (including phenoxy) is 1. The SMILES string of the molecule is O=C(NC1CCc2c(Cl)cccc21)[C@@H]1CC[C@H](C(=O)O)O1. The first kappa shape index (κ1) is 14.4. The summed E-state index contributed by atoms with van der Waals surface area (Å²) in [7, 11) is 0. The molecule has 1 heterocycles. The number of hydrogen-bond donors (Lipinski definition) is 2. The van der Waals surface area contributed by atoms with Crippen LogP contribution in [0.15, 0.2) is 18.2 Å². The monoisotopic (exact) mass is 309 g/mol. The predicted octanol–water partition coefficient (Wildman–Crippen LogP) is 2.08. The van der Waals surface area contributed by atoms with Crippen LogP contribution in [-0.2, 0) is 20.7 Å². The molecule has 1 unspecified atom stereocenters. The Balaban J connectivity index is 1.65. The zero-order valence-electron chi connectivity index (χ0n) is 11.3. The lowest BCUT2D eigenvalue weighted by Gasteiger charge is -2.17. The summed E-state index contributed by atoms with van der Waals surface area (Å²) in [5.41, 5.74) is 2.13. The van der Waals surface area contributed by atoms with Crippen LogP contribution in [0.5, 0.6) is 0 Å². The molecule has 5 nitrogen and oxygen atoms in total. The van der Waals surface area contributed by atoms with Gasteiger partial charge in [-0.2, -0.15) is 0 Å². The molecule has 1 saturated heterocycles. The predicted molar refractivity (Wildman–Crippen MR) is 76.2 cm³/mol. The van der Waals surface area contributed by atoms with Gasteiger partial charge in [-0.3, -0.25) is 4.79 Å². The Bertz CT molecular complexity index is 589. The molecule has 1 aliphatic heterocycles. The second-order valence-corrected chi connectivity index (χ2v) is 5.84. The van der Waals surface area contributed by atoms with Crippen LogP contribution in [0.2, 0.25) is 5.02 Å². The highest BCUT2D eigenvalue weighted by molar-refractivity contribution is 6.31. The van der Waals surface area contributed by atoms with Crippen LogP contribution >= 0.6 is 11.6 Å². The molecule has 0 spiro atoms. The molecular weight excluding hydrogens is 294 g/mol. The second kappa shape index (κ2) is 5.66. The van der Waals surface area contributed by atoms with Gasteiger partial charge < -0.3 is 15.2 Å². The maximum absolute atomic E-state index is 12.2. The van der Waals surface area contributed by atoms with Crippen molar-refractivity contribution in [3.05, 3.63) is 34.3 Å². The fourth-order valence-corrected chi connectivity index (χ4v) is 3.31. The molecule has 0 aromatic heterocycles. The van der Waals surface area contributed by atoms with E-state index in [0.29, 0.717) is 12.8 Å². The van der Waals surface area contributed by atoms with Crippen LogP contribution in [0.4, 0.5) is 0 Å². The zero-order valence-corrected chi connectivity index (χ0v) is 12.1. The number of halogens is 1. The molecule has 112 valence electrons. The van der Waals surface area contributed by atoms with Gasteiger partial charge in [-0.25, -0.2) is 4.79 Å². The number of carbonyl (C=O) groups excluding carboxylic acids is 1. The largest absolute Gasteiger partial charge is 0.479 e. The molecule has 21 heavy (non-hydrogen) atoms. The molecular formula is C15H16ClNO4. The Morgan fingerprint density at radius 1 is 1.24 bits per heavy atom. The van der Waals surface area contributed by atoms with Crippen molar-refractivity contribution < 1.29 is 19.4 Å². The Labute approximate surface area is 127 Å². The van der Waals surface area contributed by atoms with E-state index >= 15 is 0 Å². The fourth-order valence-electron chi connectivity index (χ4n) is 3.04. The van der Waals surface area contributed by atoms with Crippen LogP contribution < -0.4 is 5.32 Å². The topological polar surface area (TPSA) is 75.6 Å². The lowest BCUT2D eigenvalue weighted by Crippen LogP contribution is -2.37. The number of carbonyl (C=O) groups is 2. The smallest absolute Gasteiger partial charge is 0.332 e. The molecule has 0 bridgehead atoms. The minimum absolute atomic E-state index is 0.0707. The van der Waals surface area contributed by atoms with Crippen molar-refractivity contribution in [3.8, 4) is 0 Å². The number of rotatable bonds is 3. The molecule has 2 N–H and O–H groups in total. The number of nitrogens with one attached hydrogen (secondary N) is 1. The number of aliphatic carboxylic acids is 1. The van der Waals surface area contributed by atoms with Crippen molar-refractivity contribution >= 4 is 23.5 Å². The second-order valence-electron chi connectivity index (χ2n) is 5.44. The van der Waals surface area contributed by atoms with E-state index in [0.717, 1.165) is 29.0 Å². The van der Waals surface area contributed by atoms with E-state index in [2.05, 4.69) is 5.32 Å². The lowest BCUT2D eigenvalue weighted by atomic mass is 10.1. The summed E-state index contributed by atoms with van der Waals surface area (Å²) >= 11 is 6.15. The standard InChI is InChI=1S/C15H16ClNO4/c16-10-3-1-2-9-8(10)4-5-11(9)17-14(18)12-6-7-13(21-12)15(19)20/h1-3,11-13H,4-7H2,(H,17,18)(H,19,20)/t11?,12-,13+/m0/s1. The van der Waals surface area contributed by atoms with Gasteiger partial charge >= 0.3 is 5.97 Å². The minimum Gasteiger partial charge on any atom is -0.479 e. The molecule has 6 heteroatoms. The molecule has 0 saturated carbocycles. The maximum atomic E-state index is 12.2. The molecule has 3 rings (SSSR count). The summed E-state index contributed by atoms with van der Waals surface area (Å²) in [6.07, 6.45) is 0.919. The Morgan fingerprint density at radius 3 is 2.71 bits per heavy atom. The molecule has 1 aromatic carbocycles. The normalized spacial score (nSPS) is 27.4. The number of hydrogen-bond acceptors (Lipinski definition) is 3. The number of benzene rings is 1. The molecule has 3 atom stereocenters. The third kappa shape index (κ3) is 2.76. The van der Waals surface area contributed by atoms with Gasteiger partial charge in [-0.1, -0.05) is 23.7 Å². The summed E-state index contributed by atoms with van der Waals surface area (Å²) in [5, 5.41) is 12.6. The van der Waals surface area contributed by atoms with Crippen molar-refractivity contribution in [1.82, 2.24) is 5.32 Å². The number of fused-ring (bicyclic) bond motifs is 1. The summed E-state index contributed by atoms with van der Waals surface area (Å²) in [6.45, 7) is 0. The van der Waals surface area contributed by atoms with E-state index in [1.54, 1.807) is 0 Å². The van der Waals surface area contributed by atoms with Crippen LogP contribution in [0, 0.1) is 0 Å². The van der Waals surface area contributed by atoms with Crippen LogP contribution in [0.25, 0.3) is 0 Å². The van der Waals surface area contributed by atoms with Crippen molar-refractivity contribution in [3.63, 3.8) is 0 Å². The lowest BCUT2D eigenvalue weighted by molar-refractivity contribution is -0.151. The van der Waals surface area contributed by atoms with Crippen LogP contribution in [0.1, 0.15) is 36.4 Å². The number of carboxylic acids is 1. The van der Waals surface area contributed by atoms with Crippen molar-refractivity contribution in [2.24, 2.45) is 0 Å². The fraction of sp³-hybridized carbons (Fsp3) is 0.467. The average molecular weight is 310 g/mol. The van der Waals surface area contributed by atoms with Gasteiger partial charge in [0.2, 0.25) is 5.91 Å². The highest BCUT2D eigenvalue weighted by Crippen LogP contribution is 2.35. The Kier molecular flexibility index (Phi) is 3.87. The van der Waals surface area contributed by atoms with E-state index in [1.807, 2.05) is 18.2 Å². The third-order valence-electron chi connectivity index (χ3n) is 4.12.